The second kappa shape index (κ2) is 5.59. The van der Waals surface area contributed by atoms with Gasteiger partial charge < -0.3 is 10.1 Å². The number of fused-ring (bicyclic) bond motifs is 1. The number of nitrogens with zero attached hydrogens (tertiary/aromatic N) is 3. The molecular weight excluding hydrogens is 260 g/mol. The highest BCUT2D eigenvalue weighted by Gasteiger charge is 2.14. The fourth-order valence-corrected chi connectivity index (χ4v) is 2.36. The summed E-state index contributed by atoms with van der Waals surface area (Å²) < 4.78 is 5.32. The van der Waals surface area contributed by atoms with Crippen molar-refractivity contribution in [3.63, 3.8) is 0 Å². The molecule has 1 aliphatic rings. The van der Waals surface area contributed by atoms with Gasteiger partial charge in [-0.05, 0) is 6.92 Å². The lowest BCUT2D eigenvalue weighted by Crippen LogP contribution is -2.42. The maximum Gasteiger partial charge on any atom is 0.263 e. The van der Waals surface area contributed by atoms with E-state index in [-0.39, 0.29) is 11.6 Å². The molecule has 1 fully saturated rings. The maximum absolute atomic E-state index is 11.8. The van der Waals surface area contributed by atoms with E-state index in [0.29, 0.717) is 17.0 Å². The number of hydrogen-bond donors (Lipinski definition) is 3. The summed E-state index contributed by atoms with van der Waals surface area (Å²) >= 11 is 0. The quantitative estimate of drug-likeness (QED) is 0.715. The Hall–Kier alpha value is -1.93. The summed E-state index contributed by atoms with van der Waals surface area (Å²) in [6.45, 7) is 6.38. The molecule has 2 aromatic heterocycles. The molecule has 0 aliphatic carbocycles. The molecule has 1 saturated heterocycles. The van der Waals surface area contributed by atoms with Crippen LogP contribution >= 0.6 is 0 Å². The van der Waals surface area contributed by atoms with Gasteiger partial charge in [-0.3, -0.25) is 19.8 Å². The Morgan fingerprint density at radius 1 is 1.50 bits per heavy atom. The van der Waals surface area contributed by atoms with E-state index < -0.39 is 0 Å². The summed E-state index contributed by atoms with van der Waals surface area (Å²) in [5.41, 5.74) is 0.305. The summed E-state index contributed by atoms with van der Waals surface area (Å²) in [4.78, 5) is 21.2. The van der Waals surface area contributed by atoms with Gasteiger partial charge in [-0.2, -0.15) is 10.1 Å². The predicted octanol–water partition coefficient (Wildman–Crippen LogP) is -0.221. The van der Waals surface area contributed by atoms with E-state index in [0.717, 1.165) is 32.8 Å². The summed E-state index contributed by atoms with van der Waals surface area (Å²) in [7, 11) is 0. The van der Waals surface area contributed by atoms with E-state index in [1.165, 1.54) is 6.20 Å². The molecule has 0 amide bonds. The zero-order chi connectivity index (χ0) is 13.9. The van der Waals surface area contributed by atoms with Gasteiger partial charge in [-0.25, -0.2) is 0 Å². The third-order valence-electron chi connectivity index (χ3n) is 3.34. The van der Waals surface area contributed by atoms with Crippen LogP contribution in [0.3, 0.4) is 0 Å². The number of morpholine rings is 1. The average molecular weight is 278 g/mol. The lowest BCUT2D eigenvalue weighted by atomic mass is 10.3. The van der Waals surface area contributed by atoms with Crippen LogP contribution in [0, 0.1) is 0 Å². The van der Waals surface area contributed by atoms with Crippen LogP contribution in [-0.4, -0.2) is 64.0 Å². The van der Waals surface area contributed by atoms with Crippen molar-refractivity contribution in [1.29, 1.82) is 0 Å². The first-order valence-corrected chi connectivity index (χ1v) is 6.72. The zero-order valence-electron chi connectivity index (χ0n) is 11.3. The third kappa shape index (κ3) is 2.81. The van der Waals surface area contributed by atoms with Gasteiger partial charge in [0.1, 0.15) is 5.39 Å². The Balaban J connectivity index is 1.67. The van der Waals surface area contributed by atoms with Crippen LogP contribution in [0.1, 0.15) is 6.92 Å². The van der Waals surface area contributed by atoms with Gasteiger partial charge in [0.05, 0.1) is 19.4 Å². The molecule has 8 heteroatoms. The second-order valence-electron chi connectivity index (χ2n) is 5.01. The number of nitrogens with one attached hydrogen (secondary N) is 3. The van der Waals surface area contributed by atoms with E-state index >= 15 is 0 Å². The van der Waals surface area contributed by atoms with Crippen molar-refractivity contribution in [3.05, 3.63) is 16.6 Å². The van der Waals surface area contributed by atoms with E-state index in [1.54, 1.807) is 0 Å². The summed E-state index contributed by atoms with van der Waals surface area (Å²) in [5.74, 6) is 0.465. The van der Waals surface area contributed by atoms with Crippen LogP contribution in [0.15, 0.2) is 11.0 Å². The van der Waals surface area contributed by atoms with E-state index in [2.05, 4.69) is 37.3 Å². The smallest absolute Gasteiger partial charge is 0.263 e. The molecule has 0 aromatic carbocycles. The van der Waals surface area contributed by atoms with E-state index in [1.807, 2.05) is 0 Å². The molecule has 3 N–H and O–H groups in total. The average Bonchev–Trinajstić information content (AvgIpc) is 2.88. The molecule has 1 aliphatic heterocycles. The molecule has 1 atom stereocenters. The SMILES string of the molecule is CC(CN1CCOCC1)Nc1nc2[nH]ncc2c(=O)[nH]1. The molecule has 20 heavy (non-hydrogen) atoms. The molecule has 0 saturated carbocycles. The van der Waals surface area contributed by atoms with Crippen molar-refractivity contribution in [3.8, 4) is 0 Å². The first-order chi connectivity index (χ1) is 9.72. The summed E-state index contributed by atoms with van der Waals surface area (Å²) in [6.07, 6.45) is 1.47. The van der Waals surface area contributed by atoms with Crippen LogP contribution in [-0.2, 0) is 4.74 Å². The van der Waals surface area contributed by atoms with Crippen molar-refractivity contribution in [2.24, 2.45) is 0 Å². The van der Waals surface area contributed by atoms with E-state index in [4.69, 9.17) is 4.74 Å². The third-order valence-corrected chi connectivity index (χ3v) is 3.34. The number of rotatable bonds is 4. The molecule has 3 rings (SSSR count). The van der Waals surface area contributed by atoms with Crippen LogP contribution in [0.5, 0.6) is 0 Å². The van der Waals surface area contributed by atoms with Gasteiger partial charge in [-0.1, -0.05) is 0 Å². The molecular formula is C12H18N6O2. The second-order valence-corrected chi connectivity index (χ2v) is 5.01. The minimum Gasteiger partial charge on any atom is -0.379 e. The minimum atomic E-state index is -0.190. The van der Waals surface area contributed by atoms with Crippen molar-refractivity contribution in [1.82, 2.24) is 25.1 Å². The van der Waals surface area contributed by atoms with Gasteiger partial charge >= 0.3 is 0 Å². The predicted molar refractivity (Wildman–Crippen MR) is 74.9 cm³/mol. The van der Waals surface area contributed by atoms with Gasteiger partial charge in [0.2, 0.25) is 5.95 Å². The monoisotopic (exact) mass is 278 g/mol. The molecule has 3 heterocycles. The van der Waals surface area contributed by atoms with Crippen molar-refractivity contribution >= 4 is 17.0 Å². The lowest BCUT2D eigenvalue weighted by molar-refractivity contribution is 0.0368. The minimum absolute atomic E-state index is 0.177. The molecule has 2 aromatic rings. The number of anilines is 1. The highest BCUT2D eigenvalue weighted by Crippen LogP contribution is 2.06. The highest BCUT2D eigenvalue weighted by atomic mass is 16.5. The summed E-state index contributed by atoms with van der Waals surface area (Å²) in [6, 6.07) is 0.177. The largest absolute Gasteiger partial charge is 0.379 e. The van der Waals surface area contributed by atoms with E-state index in [9.17, 15) is 4.79 Å². The molecule has 1 unspecified atom stereocenters. The summed E-state index contributed by atoms with van der Waals surface area (Å²) in [5, 5.41) is 10.2. The highest BCUT2D eigenvalue weighted by molar-refractivity contribution is 5.73. The van der Waals surface area contributed by atoms with Crippen molar-refractivity contribution < 1.29 is 4.74 Å². The van der Waals surface area contributed by atoms with Crippen LogP contribution in [0.25, 0.3) is 11.0 Å². The first-order valence-electron chi connectivity index (χ1n) is 6.72. The number of aromatic amines is 2. The Bertz CT molecular complexity index is 630. The Morgan fingerprint density at radius 2 is 2.30 bits per heavy atom. The first kappa shape index (κ1) is 13.1. The fraction of sp³-hybridized carbons (Fsp3) is 0.583. The number of ether oxygens (including phenoxy) is 1. The normalized spacial score (nSPS) is 18.2. The van der Waals surface area contributed by atoms with Gasteiger partial charge in [0.15, 0.2) is 5.65 Å². The topological polar surface area (TPSA) is 98.9 Å². The molecule has 8 nitrogen and oxygen atoms in total. The molecule has 0 radical (unpaired) electrons. The molecule has 108 valence electrons. The van der Waals surface area contributed by atoms with Crippen LogP contribution in [0.2, 0.25) is 0 Å². The lowest BCUT2D eigenvalue weighted by Gasteiger charge is -2.29. The van der Waals surface area contributed by atoms with Crippen molar-refractivity contribution in [2.75, 3.05) is 38.2 Å². The molecule has 0 bridgehead atoms. The van der Waals surface area contributed by atoms with Gasteiger partial charge in [-0.15, -0.1) is 0 Å². The van der Waals surface area contributed by atoms with Gasteiger partial charge in [0.25, 0.3) is 5.56 Å². The van der Waals surface area contributed by atoms with Crippen molar-refractivity contribution in [2.45, 2.75) is 13.0 Å². The number of H-pyrrole nitrogens is 2. The standard InChI is InChI=1S/C12H18N6O2/c1-8(7-18-2-4-20-5-3-18)14-12-15-10-9(6-13-17-10)11(19)16-12/h6,8H,2-5,7H2,1H3,(H3,13,14,15,16,17,19). The van der Waals surface area contributed by atoms with Gasteiger partial charge in [0, 0.05) is 25.7 Å². The number of hydrogen-bond acceptors (Lipinski definition) is 6. The molecule has 0 spiro atoms. The van der Waals surface area contributed by atoms with Crippen LogP contribution < -0.4 is 10.9 Å². The van der Waals surface area contributed by atoms with Crippen LogP contribution in [0.4, 0.5) is 5.95 Å². The fourth-order valence-electron chi connectivity index (χ4n) is 2.36. The number of aromatic nitrogens is 4. The Kier molecular flexibility index (Phi) is 3.66. The zero-order valence-corrected chi connectivity index (χ0v) is 11.3. The Morgan fingerprint density at radius 3 is 3.10 bits per heavy atom. The maximum atomic E-state index is 11.8. The Labute approximate surface area is 115 Å².